The summed E-state index contributed by atoms with van der Waals surface area (Å²) in [5.41, 5.74) is 3.11. The van der Waals surface area contributed by atoms with Crippen LogP contribution in [0.15, 0.2) is 11.1 Å². The first kappa shape index (κ1) is 11.5. The van der Waals surface area contributed by atoms with Crippen LogP contribution in [-0.2, 0) is 0 Å². The molecule has 0 aromatic rings. The van der Waals surface area contributed by atoms with E-state index in [0.717, 1.165) is 18.2 Å². The highest BCUT2D eigenvalue weighted by Crippen LogP contribution is 2.23. The van der Waals surface area contributed by atoms with Crippen LogP contribution in [0.1, 0.15) is 39.5 Å². The fraction of sp³-hybridized carbons (Fsp3) is 0.727. The van der Waals surface area contributed by atoms with Crippen LogP contribution in [0.4, 0.5) is 0 Å². The summed E-state index contributed by atoms with van der Waals surface area (Å²) in [6.45, 7) is 6.12. The second-order valence-electron chi connectivity index (χ2n) is 3.80. The minimum atomic E-state index is 0.776. The van der Waals surface area contributed by atoms with Gasteiger partial charge in [0.15, 0.2) is 5.11 Å². The van der Waals surface area contributed by atoms with Crippen molar-refractivity contribution in [3.05, 3.63) is 11.1 Å². The van der Waals surface area contributed by atoms with Gasteiger partial charge < -0.3 is 10.6 Å². The van der Waals surface area contributed by atoms with Crippen LogP contribution in [0, 0.1) is 0 Å². The average Bonchev–Trinajstić information content (AvgIpc) is 2.17. The molecular weight excluding hydrogens is 192 g/mol. The van der Waals surface area contributed by atoms with E-state index in [1.54, 1.807) is 11.1 Å². The Balaban J connectivity index is 2.33. The summed E-state index contributed by atoms with van der Waals surface area (Å²) in [6, 6.07) is 0. The van der Waals surface area contributed by atoms with Crippen molar-refractivity contribution >= 4 is 17.3 Å². The molecule has 2 nitrogen and oxygen atoms in total. The second-order valence-corrected chi connectivity index (χ2v) is 4.21. The average molecular weight is 212 g/mol. The summed E-state index contributed by atoms with van der Waals surface area (Å²) in [5.74, 6) is 0. The lowest BCUT2D eigenvalue weighted by molar-refractivity contribution is 0.654. The maximum absolute atomic E-state index is 5.12. The molecule has 0 spiro atoms. The number of rotatable bonds is 3. The Hall–Kier alpha value is -0.570. The molecule has 1 rings (SSSR count). The van der Waals surface area contributed by atoms with E-state index in [-0.39, 0.29) is 0 Å². The fourth-order valence-corrected chi connectivity index (χ4v) is 1.98. The molecular formula is C11H20N2S. The minimum absolute atomic E-state index is 0.776. The van der Waals surface area contributed by atoms with Crippen molar-refractivity contribution in [3.8, 4) is 0 Å². The van der Waals surface area contributed by atoms with Gasteiger partial charge in [0.2, 0.25) is 0 Å². The highest BCUT2D eigenvalue weighted by molar-refractivity contribution is 7.80. The molecule has 80 valence electrons. The third-order valence-electron chi connectivity index (χ3n) is 2.68. The molecule has 0 atom stereocenters. The predicted molar refractivity (Wildman–Crippen MR) is 65.4 cm³/mol. The smallest absolute Gasteiger partial charge is 0.166 e. The topological polar surface area (TPSA) is 24.1 Å². The van der Waals surface area contributed by atoms with Gasteiger partial charge in [0.05, 0.1) is 0 Å². The van der Waals surface area contributed by atoms with Crippen molar-refractivity contribution in [2.45, 2.75) is 39.5 Å². The summed E-state index contributed by atoms with van der Waals surface area (Å²) in [6.07, 6.45) is 5.20. The number of hydrogen-bond donors (Lipinski definition) is 2. The molecule has 0 heterocycles. The Kier molecular flexibility index (Phi) is 4.94. The molecule has 0 aromatic carbocycles. The molecule has 0 bridgehead atoms. The summed E-state index contributed by atoms with van der Waals surface area (Å²) in [5, 5.41) is 7.12. The maximum Gasteiger partial charge on any atom is 0.166 e. The number of hydrogen-bond acceptors (Lipinski definition) is 1. The minimum Gasteiger partial charge on any atom is -0.363 e. The number of allylic oxidation sites excluding steroid dienone is 1. The first-order chi connectivity index (χ1) is 6.74. The zero-order valence-corrected chi connectivity index (χ0v) is 9.97. The van der Waals surface area contributed by atoms with Crippen molar-refractivity contribution in [2.75, 3.05) is 13.1 Å². The normalized spacial score (nSPS) is 16.7. The second kappa shape index (κ2) is 6.02. The zero-order chi connectivity index (χ0) is 10.4. The molecule has 2 N–H and O–H groups in total. The largest absolute Gasteiger partial charge is 0.363 e. The van der Waals surface area contributed by atoms with Crippen molar-refractivity contribution in [3.63, 3.8) is 0 Å². The predicted octanol–water partition coefficient (Wildman–Crippen LogP) is 2.36. The van der Waals surface area contributed by atoms with Crippen LogP contribution in [0.5, 0.6) is 0 Å². The van der Waals surface area contributed by atoms with E-state index in [4.69, 9.17) is 12.2 Å². The Labute approximate surface area is 92.2 Å². The van der Waals surface area contributed by atoms with E-state index in [1.165, 1.54) is 25.7 Å². The lowest BCUT2D eigenvalue weighted by Crippen LogP contribution is -2.36. The monoisotopic (exact) mass is 212 g/mol. The van der Waals surface area contributed by atoms with E-state index in [1.807, 2.05) is 0 Å². The lowest BCUT2D eigenvalue weighted by atomic mass is 9.93. The molecule has 3 heteroatoms. The lowest BCUT2D eigenvalue weighted by Gasteiger charge is -2.19. The molecule has 0 aromatic heterocycles. The fourth-order valence-electron chi connectivity index (χ4n) is 1.77. The van der Waals surface area contributed by atoms with Gasteiger partial charge in [-0.2, -0.15) is 0 Å². The first-order valence-corrected chi connectivity index (χ1v) is 5.84. The summed E-state index contributed by atoms with van der Waals surface area (Å²) < 4.78 is 0. The molecule has 0 radical (unpaired) electrons. The van der Waals surface area contributed by atoms with Gasteiger partial charge in [-0.25, -0.2) is 0 Å². The van der Waals surface area contributed by atoms with Crippen LogP contribution in [0.3, 0.4) is 0 Å². The van der Waals surface area contributed by atoms with Gasteiger partial charge >= 0.3 is 0 Å². The van der Waals surface area contributed by atoms with Crippen molar-refractivity contribution in [1.29, 1.82) is 0 Å². The van der Waals surface area contributed by atoms with Gasteiger partial charge in [-0.1, -0.05) is 11.1 Å². The molecule has 1 aliphatic rings. The molecule has 0 amide bonds. The quantitative estimate of drug-likeness (QED) is 0.555. The van der Waals surface area contributed by atoms with E-state index in [9.17, 15) is 0 Å². The van der Waals surface area contributed by atoms with E-state index in [2.05, 4.69) is 24.5 Å². The number of thiocarbonyl (C=S) groups is 1. The van der Waals surface area contributed by atoms with E-state index < -0.39 is 0 Å². The van der Waals surface area contributed by atoms with Crippen LogP contribution in [-0.4, -0.2) is 18.2 Å². The SMILES string of the molecule is CCNC(=S)NCC1=C(C)CCCC1. The third kappa shape index (κ3) is 3.66. The molecule has 0 saturated heterocycles. The van der Waals surface area contributed by atoms with Crippen molar-refractivity contribution < 1.29 is 0 Å². The van der Waals surface area contributed by atoms with Crippen LogP contribution >= 0.6 is 12.2 Å². The van der Waals surface area contributed by atoms with Crippen LogP contribution in [0.2, 0.25) is 0 Å². The highest BCUT2D eigenvalue weighted by Gasteiger charge is 2.08. The van der Waals surface area contributed by atoms with Crippen LogP contribution in [0.25, 0.3) is 0 Å². The third-order valence-corrected chi connectivity index (χ3v) is 2.97. The highest BCUT2D eigenvalue weighted by atomic mass is 32.1. The van der Waals surface area contributed by atoms with Crippen molar-refractivity contribution in [2.24, 2.45) is 0 Å². The summed E-state index contributed by atoms with van der Waals surface area (Å²) in [7, 11) is 0. The van der Waals surface area contributed by atoms with Gasteiger partial charge in [-0.05, 0) is 51.7 Å². The van der Waals surface area contributed by atoms with E-state index >= 15 is 0 Å². The van der Waals surface area contributed by atoms with Gasteiger partial charge in [-0.3, -0.25) is 0 Å². The van der Waals surface area contributed by atoms with E-state index in [0.29, 0.717) is 0 Å². The number of nitrogens with one attached hydrogen (secondary N) is 2. The zero-order valence-electron chi connectivity index (χ0n) is 9.15. The Bertz CT molecular complexity index is 233. The Morgan fingerprint density at radius 3 is 2.64 bits per heavy atom. The molecule has 0 aliphatic heterocycles. The van der Waals surface area contributed by atoms with Gasteiger partial charge in [0, 0.05) is 13.1 Å². The first-order valence-electron chi connectivity index (χ1n) is 5.43. The van der Waals surface area contributed by atoms with Gasteiger partial charge in [0.25, 0.3) is 0 Å². The maximum atomic E-state index is 5.12. The molecule has 0 saturated carbocycles. The van der Waals surface area contributed by atoms with Crippen LogP contribution < -0.4 is 10.6 Å². The summed E-state index contributed by atoms with van der Waals surface area (Å²) in [4.78, 5) is 0. The standard InChI is InChI=1S/C11H20N2S/c1-3-12-11(14)13-8-10-7-5-4-6-9(10)2/h3-8H2,1-2H3,(H2,12,13,14). The summed E-state index contributed by atoms with van der Waals surface area (Å²) >= 11 is 5.12. The molecule has 14 heavy (non-hydrogen) atoms. The molecule has 0 fully saturated rings. The molecule has 1 aliphatic carbocycles. The van der Waals surface area contributed by atoms with Gasteiger partial charge in [0.1, 0.15) is 0 Å². The Morgan fingerprint density at radius 2 is 2.00 bits per heavy atom. The molecule has 0 unspecified atom stereocenters. The van der Waals surface area contributed by atoms with Gasteiger partial charge in [-0.15, -0.1) is 0 Å². The van der Waals surface area contributed by atoms with Crippen molar-refractivity contribution in [1.82, 2.24) is 10.6 Å². The Morgan fingerprint density at radius 1 is 1.29 bits per heavy atom.